The average molecular weight is 1800 g/mol. The third kappa shape index (κ3) is 26.5. The Morgan fingerprint density at radius 3 is 1.48 bits per heavy atom. The molecule has 1 unspecified atom stereocenters. The molecule has 6 heterocycles. The van der Waals surface area contributed by atoms with Crippen molar-refractivity contribution >= 4 is 140 Å². The minimum atomic E-state index is -1.87. The number of carbonyl (C=O) groups is 18. The molecule has 128 heavy (non-hydrogen) atoms. The fraction of sp³-hybridized carbons (Fsp3) is 0.535. The van der Waals surface area contributed by atoms with Gasteiger partial charge in [0.25, 0.3) is 0 Å². The molecule has 42 heteroatoms. The van der Waals surface area contributed by atoms with Crippen LogP contribution in [0.4, 0.5) is 0 Å². The maximum Gasteiger partial charge on any atom is 0.305 e. The van der Waals surface area contributed by atoms with Gasteiger partial charge in [0.1, 0.15) is 90.3 Å². The number of phenolic OH excluding ortho intramolecular Hbond substituents is 1. The number of likely N-dealkylation sites (N-methyl/N-ethyl adjacent to an activating group) is 2. The van der Waals surface area contributed by atoms with Gasteiger partial charge < -0.3 is 121 Å². The minimum absolute atomic E-state index is 0.00780. The van der Waals surface area contributed by atoms with E-state index in [1.807, 2.05) is 13.8 Å². The molecule has 0 bridgehead atoms. The van der Waals surface area contributed by atoms with Crippen LogP contribution in [0.3, 0.4) is 0 Å². The summed E-state index contributed by atoms with van der Waals surface area (Å²) in [4.78, 5) is 272. The molecule has 0 aliphatic carbocycles. The van der Waals surface area contributed by atoms with Gasteiger partial charge in [-0.05, 0) is 119 Å². The molecule has 17 amide bonds. The lowest BCUT2D eigenvalue weighted by molar-refractivity contribution is -0.149. The summed E-state index contributed by atoms with van der Waals surface area (Å²) in [5, 5.41) is 48.0. The highest BCUT2D eigenvalue weighted by molar-refractivity contribution is 8.00. The van der Waals surface area contributed by atoms with Gasteiger partial charge in [0.05, 0.1) is 18.7 Å². The molecule has 41 nitrogen and oxygen atoms in total. The van der Waals surface area contributed by atoms with Crippen LogP contribution in [0.2, 0.25) is 0 Å². The predicted molar refractivity (Wildman–Crippen MR) is 468 cm³/mol. The third-order valence-corrected chi connectivity index (χ3v) is 24.5. The van der Waals surface area contributed by atoms with E-state index in [1.165, 1.54) is 55.1 Å². The number of unbranched alkanes of at least 4 members (excludes halogenated alkanes) is 2. The van der Waals surface area contributed by atoms with E-state index in [1.54, 1.807) is 60.9 Å². The molecule has 0 radical (unpaired) electrons. The monoisotopic (exact) mass is 1800 g/mol. The van der Waals surface area contributed by atoms with Crippen LogP contribution in [0.15, 0.2) is 85.2 Å². The molecule has 3 aromatic carbocycles. The lowest BCUT2D eigenvalue weighted by atomic mass is 10.00. The Labute approximate surface area is 743 Å². The van der Waals surface area contributed by atoms with Crippen molar-refractivity contribution in [2.45, 2.75) is 227 Å². The fourth-order valence-corrected chi connectivity index (χ4v) is 17.3. The van der Waals surface area contributed by atoms with Gasteiger partial charge in [0.15, 0.2) is 0 Å². The van der Waals surface area contributed by atoms with E-state index in [4.69, 9.17) is 22.9 Å². The molecule has 4 fully saturated rings. The zero-order valence-electron chi connectivity index (χ0n) is 72.5. The Kier molecular flexibility index (Phi) is 36.5. The zero-order chi connectivity index (χ0) is 93.2. The number of rotatable bonds is 23. The van der Waals surface area contributed by atoms with Crippen LogP contribution in [-0.4, -0.2) is 301 Å². The number of thioether (sulfide) groups is 1. The molecule has 0 spiro atoms. The van der Waals surface area contributed by atoms with Crippen molar-refractivity contribution < 1.29 is 96.5 Å². The maximum atomic E-state index is 15.7. The lowest BCUT2D eigenvalue weighted by Crippen LogP contribution is -2.61. The number of aromatic hydroxyl groups is 1. The number of para-hydroxylation sites is 2. The number of aliphatic carboxylic acids is 1. The molecule has 4 aliphatic heterocycles. The van der Waals surface area contributed by atoms with E-state index in [-0.39, 0.29) is 109 Å². The summed E-state index contributed by atoms with van der Waals surface area (Å²) in [6.07, 6.45) is 2.83. The molecular weight excluding hydrogens is 1680 g/mol. The van der Waals surface area contributed by atoms with Crippen LogP contribution >= 0.6 is 11.8 Å². The predicted octanol–water partition coefficient (Wildman–Crippen LogP) is -2.83. The normalized spacial score (nSPS) is 25.3. The highest BCUT2D eigenvalue weighted by Gasteiger charge is 2.46. The van der Waals surface area contributed by atoms with Crippen molar-refractivity contribution in [3.63, 3.8) is 0 Å². The smallest absolute Gasteiger partial charge is 0.305 e. The van der Waals surface area contributed by atoms with E-state index in [0.717, 1.165) is 26.5 Å². The number of hydrogen-bond donors (Lipinski definition) is 18. The van der Waals surface area contributed by atoms with Crippen molar-refractivity contribution in [1.82, 2.24) is 87.6 Å². The van der Waals surface area contributed by atoms with Gasteiger partial charge in [-0.2, -0.15) is 0 Å². The lowest BCUT2D eigenvalue weighted by Gasteiger charge is -2.36. The summed E-state index contributed by atoms with van der Waals surface area (Å²) in [6, 6.07) is -1.07. The summed E-state index contributed by atoms with van der Waals surface area (Å²) in [6.45, 7) is 3.16. The first kappa shape index (κ1) is 99.1. The SMILES string of the molecule is CCCC[C@H]1C(=O)N(C)[C@@H](CCCC)C(=O)N[C@@H](C)C(=O)N[C@H](C(=O)NCC(N)=O)CSCC(=O)N[C@@H](Cc2ccc(O)cc2)C(=O)N2CCC[C@H]2C(=O)NC(CC(=O)O)C(=O)N2CCC[C@H]2C(=O)N[C@@H](CN)C(=O)N[C@@H](CCC(N)=O)C(=O)N2CCC[C@H]2C(=O)N[C@@H](Cc2c[nH]c3ccccc23)C(=O)N[C@@H](CCN)C(=O)N[C@@H](Cc2c[nH]c3ccccc23)C(=O)N1C. The Morgan fingerprint density at radius 1 is 0.484 bits per heavy atom. The molecular formula is C86H119N21O20S. The van der Waals surface area contributed by atoms with Crippen molar-refractivity contribution in [2.75, 3.05) is 64.9 Å². The third-order valence-electron chi connectivity index (χ3n) is 23.4. The number of benzene rings is 3. The number of aromatic nitrogens is 2. The molecule has 22 N–H and O–H groups in total. The number of amides is 17. The van der Waals surface area contributed by atoms with Gasteiger partial charge in [0, 0.05) is 106 Å². The van der Waals surface area contributed by atoms with Gasteiger partial charge in [-0.3, -0.25) is 86.3 Å². The topological polar surface area (TPSA) is 620 Å². The van der Waals surface area contributed by atoms with Crippen molar-refractivity contribution in [1.29, 1.82) is 0 Å². The first-order valence-corrected chi connectivity index (χ1v) is 44.4. The van der Waals surface area contributed by atoms with Gasteiger partial charge in [-0.25, -0.2) is 0 Å². The number of primary amides is 2. The van der Waals surface area contributed by atoms with Gasteiger partial charge in [-0.1, -0.05) is 88.1 Å². The molecule has 5 aromatic rings. The number of carbonyl (C=O) groups excluding carboxylic acids is 17. The van der Waals surface area contributed by atoms with Crippen molar-refractivity contribution in [3.05, 3.63) is 102 Å². The highest BCUT2D eigenvalue weighted by Crippen LogP contribution is 2.28. The first-order valence-electron chi connectivity index (χ1n) is 43.2. The molecule has 2 aromatic heterocycles. The molecule has 14 atom stereocenters. The number of nitrogens with one attached hydrogen (secondary N) is 12. The van der Waals surface area contributed by atoms with Crippen LogP contribution in [0.25, 0.3) is 21.8 Å². The van der Waals surface area contributed by atoms with Crippen LogP contribution in [0.5, 0.6) is 5.75 Å². The standard InChI is InChI=1S/C86H119N21O20S/c1-6-8-21-64-78(119)94-47(3)73(114)102-63(74(115)93-44-70(90)110)45-128-46-71(111)95-59(37-48-26-28-51(108)29-27-48)84(125)106-35-15-24-66(106)80(121)100-61(40-72(112)113)85(126)107-36-16-25-67(107)81(122)101-62(41-88)77(118)97-57(30-31-69(89)109)83(124)105-34-14-23-65(105)79(120)98-58(38-49-42-91-54-19-12-10-17-52(49)54)76(117)96-56(32-33-87)75(116)99-60(39-50-43-92-55-20-13-11-18-53(50)55)82(123)104(5)68(22-9-7-2)86(127)103(64)4/h10-13,17-20,26-29,42-43,47,56-68,91-92,108H,6-9,14-16,21-25,30-41,44-46,87-88H2,1-5H3,(H2,89,109)(H2,90,110)(H,93,115)(H,94,119)(H,95,111)(H,96,117)(H,97,118)(H,98,120)(H,99,116)(H,100,121)(H,101,122)(H,102,114)(H,112,113)/t47-,56-,57-,58-,59-,60-,61?,62-,63-,64-,65-,66-,67-,68-/m0/s1. The number of aromatic amines is 2. The molecule has 4 saturated heterocycles. The summed E-state index contributed by atoms with van der Waals surface area (Å²) in [7, 11) is 2.76. The molecule has 694 valence electrons. The van der Waals surface area contributed by atoms with E-state index in [2.05, 4.69) is 63.1 Å². The highest BCUT2D eigenvalue weighted by atomic mass is 32.2. The van der Waals surface area contributed by atoms with Gasteiger partial charge >= 0.3 is 5.97 Å². The number of nitrogens with two attached hydrogens (primary N) is 4. The summed E-state index contributed by atoms with van der Waals surface area (Å²) in [5.41, 5.74) is 26.3. The molecule has 0 saturated carbocycles. The summed E-state index contributed by atoms with van der Waals surface area (Å²) in [5.74, 6) is -17.9. The van der Waals surface area contributed by atoms with Crippen LogP contribution in [-0.2, 0) is 106 Å². The van der Waals surface area contributed by atoms with Crippen LogP contribution < -0.4 is 76.1 Å². The number of carboxylic acid groups (broad SMARTS) is 1. The van der Waals surface area contributed by atoms with E-state index < -0.39 is 235 Å². The largest absolute Gasteiger partial charge is 0.508 e. The second-order valence-electron chi connectivity index (χ2n) is 32.7. The molecule has 4 aliphatic rings. The number of fused-ring (bicyclic) bond motifs is 5. The Balaban J connectivity index is 1.07. The van der Waals surface area contributed by atoms with Crippen LogP contribution in [0, 0.1) is 0 Å². The zero-order valence-corrected chi connectivity index (χ0v) is 73.3. The average Bonchev–Trinajstić information content (AvgIpc) is 1.75. The number of nitrogens with zero attached hydrogens (tertiary/aromatic N) is 5. The Bertz CT molecular complexity index is 4870. The second kappa shape index (κ2) is 47.2. The maximum absolute atomic E-state index is 15.7. The van der Waals surface area contributed by atoms with Crippen molar-refractivity contribution in [3.8, 4) is 5.75 Å². The number of hydrogen-bond acceptors (Lipinski definition) is 22. The van der Waals surface area contributed by atoms with Crippen LogP contribution in [0.1, 0.15) is 140 Å². The molecule has 9 rings (SSSR count). The number of phenols is 1. The van der Waals surface area contributed by atoms with Gasteiger partial charge in [-0.15, -0.1) is 11.8 Å². The second-order valence-corrected chi connectivity index (χ2v) is 33.7. The van der Waals surface area contributed by atoms with Gasteiger partial charge in [0.2, 0.25) is 100 Å². The van der Waals surface area contributed by atoms with E-state index in [9.17, 15) is 67.7 Å². The minimum Gasteiger partial charge on any atom is -0.508 e. The van der Waals surface area contributed by atoms with Crippen molar-refractivity contribution in [2.24, 2.45) is 22.9 Å². The quantitative estimate of drug-likeness (QED) is 0.0313. The Hall–Kier alpha value is -12.7. The van der Waals surface area contributed by atoms with E-state index >= 15 is 28.8 Å². The Morgan fingerprint density at radius 2 is 0.953 bits per heavy atom. The number of H-pyrrole nitrogens is 2. The summed E-state index contributed by atoms with van der Waals surface area (Å²) < 4.78 is 0. The number of carboxylic acids is 1. The van der Waals surface area contributed by atoms with E-state index in [0.29, 0.717) is 64.2 Å². The summed E-state index contributed by atoms with van der Waals surface area (Å²) >= 11 is 0.790. The fourth-order valence-electron chi connectivity index (χ4n) is 16.5. The first-order chi connectivity index (χ1) is 61.1.